The lowest BCUT2D eigenvalue weighted by atomic mass is 10.1. The van der Waals surface area contributed by atoms with Crippen LogP contribution in [0, 0.1) is 6.92 Å². The number of aryl methyl sites for hydroxylation is 1. The summed E-state index contributed by atoms with van der Waals surface area (Å²) in [5, 5.41) is 0. The van der Waals surface area contributed by atoms with E-state index in [9.17, 15) is 13.2 Å². The van der Waals surface area contributed by atoms with E-state index in [0.29, 0.717) is 24.3 Å². The van der Waals surface area contributed by atoms with E-state index in [0.717, 1.165) is 5.56 Å². The van der Waals surface area contributed by atoms with Crippen LogP contribution >= 0.6 is 0 Å². The number of nitrogens with zero attached hydrogens (tertiary/aromatic N) is 1. The highest BCUT2D eigenvalue weighted by molar-refractivity contribution is 5.60. The van der Waals surface area contributed by atoms with E-state index >= 15 is 0 Å². The monoisotopic (exact) mass is 246 g/mol. The van der Waals surface area contributed by atoms with Crippen LogP contribution in [-0.4, -0.2) is 19.3 Å². The van der Waals surface area contributed by atoms with Crippen LogP contribution < -0.4 is 10.6 Å². The normalized spacial score (nSPS) is 11.6. The number of nitrogens with two attached hydrogens (primary N) is 1. The molecule has 1 rings (SSSR count). The summed E-state index contributed by atoms with van der Waals surface area (Å²) < 4.78 is 37.4. The van der Waals surface area contributed by atoms with Gasteiger partial charge in [0.1, 0.15) is 6.54 Å². The van der Waals surface area contributed by atoms with E-state index in [-0.39, 0.29) is 0 Å². The number of halogens is 3. The number of rotatable bonds is 4. The first-order valence-electron chi connectivity index (χ1n) is 5.51. The Morgan fingerprint density at radius 3 is 2.47 bits per heavy atom. The fraction of sp³-hybridized carbons (Fsp3) is 0.500. The summed E-state index contributed by atoms with van der Waals surface area (Å²) in [5.41, 5.74) is 7.46. The smallest absolute Gasteiger partial charge is 0.399 e. The summed E-state index contributed by atoms with van der Waals surface area (Å²) in [7, 11) is 0. The summed E-state index contributed by atoms with van der Waals surface area (Å²) in [6, 6.07) is 5.02. The maximum atomic E-state index is 12.5. The molecular formula is C12H17F3N2. The molecule has 0 bridgehead atoms. The van der Waals surface area contributed by atoms with Crippen molar-refractivity contribution in [2.75, 3.05) is 23.7 Å². The number of hydrogen-bond acceptors (Lipinski definition) is 2. The maximum Gasteiger partial charge on any atom is 0.405 e. The number of hydrogen-bond donors (Lipinski definition) is 1. The van der Waals surface area contributed by atoms with E-state index in [1.54, 1.807) is 25.1 Å². The van der Waals surface area contributed by atoms with Gasteiger partial charge in [0.2, 0.25) is 0 Å². The van der Waals surface area contributed by atoms with Gasteiger partial charge in [-0.1, -0.05) is 13.0 Å². The molecule has 5 heteroatoms. The van der Waals surface area contributed by atoms with E-state index in [4.69, 9.17) is 5.73 Å². The molecule has 0 unspecified atom stereocenters. The summed E-state index contributed by atoms with van der Waals surface area (Å²) in [6.07, 6.45) is -3.55. The van der Waals surface area contributed by atoms with Gasteiger partial charge in [0.15, 0.2) is 0 Å². The Bertz CT molecular complexity index is 375. The van der Waals surface area contributed by atoms with Gasteiger partial charge in [-0.15, -0.1) is 0 Å². The molecule has 0 spiro atoms. The fourth-order valence-corrected chi connectivity index (χ4v) is 1.74. The third-order valence-corrected chi connectivity index (χ3v) is 2.44. The van der Waals surface area contributed by atoms with E-state index in [1.165, 1.54) is 4.90 Å². The predicted molar refractivity (Wildman–Crippen MR) is 64.2 cm³/mol. The predicted octanol–water partition coefficient (Wildman–Crippen LogP) is 3.36. The highest BCUT2D eigenvalue weighted by atomic mass is 19.4. The van der Waals surface area contributed by atoms with Crippen LogP contribution in [0.5, 0.6) is 0 Å². The Hall–Kier alpha value is -1.39. The van der Waals surface area contributed by atoms with Gasteiger partial charge < -0.3 is 10.6 Å². The molecule has 96 valence electrons. The van der Waals surface area contributed by atoms with Crippen LogP contribution in [0.2, 0.25) is 0 Å². The van der Waals surface area contributed by atoms with Crippen molar-refractivity contribution in [3.8, 4) is 0 Å². The average molecular weight is 246 g/mol. The molecule has 0 saturated heterocycles. The van der Waals surface area contributed by atoms with Crippen molar-refractivity contribution in [1.29, 1.82) is 0 Å². The largest absolute Gasteiger partial charge is 0.405 e. The molecule has 0 saturated carbocycles. The summed E-state index contributed by atoms with van der Waals surface area (Å²) in [5.74, 6) is 0. The summed E-state index contributed by atoms with van der Waals surface area (Å²) >= 11 is 0. The number of anilines is 2. The van der Waals surface area contributed by atoms with Gasteiger partial charge in [0.05, 0.1) is 0 Å². The first-order chi connectivity index (χ1) is 7.83. The molecule has 2 nitrogen and oxygen atoms in total. The molecule has 0 aliphatic carbocycles. The van der Waals surface area contributed by atoms with Crippen molar-refractivity contribution in [3.05, 3.63) is 23.8 Å². The van der Waals surface area contributed by atoms with Crippen LogP contribution in [0.25, 0.3) is 0 Å². The first-order valence-corrected chi connectivity index (χ1v) is 5.51. The van der Waals surface area contributed by atoms with E-state index in [2.05, 4.69) is 0 Å². The minimum absolute atomic E-state index is 0.365. The molecule has 1 aromatic rings. The van der Waals surface area contributed by atoms with Gasteiger partial charge in [-0.3, -0.25) is 0 Å². The Balaban J connectivity index is 3.00. The van der Waals surface area contributed by atoms with Crippen molar-refractivity contribution in [2.45, 2.75) is 26.4 Å². The van der Waals surface area contributed by atoms with Crippen molar-refractivity contribution in [2.24, 2.45) is 0 Å². The molecule has 17 heavy (non-hydrogen) atoms. The van der Waals surface area contributed by atoms with Crippen molar-refractivity contribution < 1.29 is 13.2 Å². The van der Waals surface area contributed by atoms with Crippen LogP contribution in [-0.2, 0) is 0 Å². The zero-order chi connectivity index (χ0) is 13.1. The quantitative estimate of drug-likeness (QED) is 0.825. The van der Waals surface area contributed by atoms with Crippen molar-refractivity contribution in [1.82, 2.24) is 0 Å². The lowest BCUT2D eigenvalue weighted by Crippen LogP contribution is -2.35. The molecule has 0 atom stereocenters. The molecule has 1 aromatic carbocycles. The average Bonchev–Trinajstić information content (AvgIpc) is 2.19. The molecule has 0 amide bonds. The Morgan fingerprint density at radius 1 is 1.29 bits per heavy atom. The van der Waals surface area contributed by atoms with Crippen LogP contribution in [0.15, 0.2) is 18.2 Å². The minimum Gasteiger partial charge on any atom is -0.399 e. The molecule has 0 heterocycles. The second-order valence-corrected chi connectivity index (χ2v) is 4.08. The van der Waals surface area contributed by atoms with Gasteiger partial charge >= 0.3 is 6.18 Å². The molecule has 0 aromatic heterocycles. The minimum atomic E-state index is -4.20. The highest BCUT2D eigenvalue weighted by Gasteiger charge is 2.31. The third-order valence-electron chi connectivity index (χ3n) is 2.44. The van der Waals surface area contributed by atoms with Crippen LogP contribution in [0.1, 0.15) is 18.9 Å². The third kappa shape index (κ3) is 4.17. The van der Waals surface area contributed by atoms with Gasteiger partial charge in [0, 0.05) is 17.9 Å². The van der Waals surface area contributed by atoms with Crippen molar-refractivity contribution in [3.63, 3.8) is 0 Å². The zero-order valence-corrected chi connectivity index (χ0v) is 10.0. The van der Waals surface area contributed by atoms with Crippen LogP contribution in [0.4, 0.5) is 24.5 Å². The molecule has 0 fully saturated rings. The van der Waals surface area contributed by atoms with Gasteiger partial charge in [-0.2, -0.15) is 13.2 Å². The zero-order valence-electron chi connectivity index (χ0n) is 10.0. The standard InChI is InChI=1S/C12H17F3N2/c1-3-6-17(8-12(13,14)15)11-7-10(16)5-4-9(11)2/h4-5,7H,3,6,8,16H2,1-2H3. The fourth-order valence-electron chi connectivity index (χ4n) is 1.74. The SMILES string of the molecule is CCCN(CC(F)(F)F)c1cc(N)ccc1C. The summed E-state index contributed by atoms with van der Waals surface area (Å²) in [4.78, 5) is 1.33. The number of nitrogen functional groups attached to an aromatic ring is 1. The van der Waals surface area contributed by atoms with Gasteiger partial charge in [-0.05, 0) is 31.0 Å². The maximum absolute atomic E-state index is 12.5. The second-order valence-electron chi connectivity index (χ2n) is 4.08. The van der Waals surface area contributed by atoms with Crippen molar-refractivity contribution >= 4 is 11.4 Å². The molecule has 0 aliphatic rings. The Morgan fingerprint density at radius 2 is 1.94 bits per heavy atom. The highest BCUT2D eigenvalue weighted by Crippen LogP contribution is 2.27. The molecule has 0 radical (unpaired) electrons. The van der Waals surface area contributed by atoms with E-state index in [1.807, 2.05) is 6.92 Å². The second kappa shape index (κ2) is 5.29. The lowest BCUT2D eigenvalue weighted by Gasteiger charge is -2.27. The summed E-state index contributed by atoms with van der Waals surface area (Å²) in [6.45, 7) is 3.06. The van der Waals surface area contributed by atoms with E-state index < -0.39 is 12.7 Å². The van der Waals surface area contributed by atoms with Crippen LogP contribution in [0.3, 0.4) is 0 Å². The lowest BCUT2D eigenvalue weighted by molar-refractivity contribution is -0.119. The molecular weight excluding hydrogens is 229 g/mol. The Labute approximate surface area is 99.2 Å². The number of alkyl halides is 3. The Kier molecular flexibility index (Phi) is 4.26. The first kappa shape index (κ1) is 13.7. The molecule has 2 N–H and O–H groups in total. The topological polar surface area (TPSA) is 29.3 Å². The molecule has 0 aliphatic heterocycles. The number of benzene rings is 1. The van der Waals surface area contributed by atoms with Gasteiger partial charge in [-0.25, -0.2) is 0 Å². The van der Waals surface area contributed by atoms with Gasteiger partial charge in [0.25, 0.3) is 0 Å².